The highest BCUT2D eigenvalue weighted by molar-refractivity contribution is 7.72. The van der Waals surface area contributed by atoms with E-state index in [2.05, 4.69) is 4.98 Å². The standard InChI is InChI=1S/C11H6ClN3O3S/c12-4-1-2-5-6(3-4)13-8-7(9(5)19)11(17)15(18)14-10(8)16/h1-3,18H,(H,13,19)(H,14,16). The zero-order valence-corrected chi connectivity index (χ0v) is 10.8. The molecule has 1 aromatic carbocycles. The third-order valence-electron chi connectivity index (χ3n) is 2.80. The van der Waals surface area contributed by atoms with E-state index in [1.807, 2.05) is 5.10 Å². The van der Waals surface area contributed by atoms with Crippen LogP contribution in [0.25, 0.3) is 21.8 Å². The van der Waals surface area contributed by atoms with Gasteiger partial charge in [0, 0.05) is 15.9 Å². The van der Waals surface area contributed by atoms with Gasteiger partial charge in [-0.15, -0.1) is 0 Å². The van der Waals surface area contributed by atoms with E-state index in [1.165, 1.54) is 0 Å². The second-order valence-corrected chi connectivity index (χ2v) is 4.80. The molecule has 0 spiro atoms. The van der Waals surface area contributed by atoms with Crippen molar-refractivity contribution < 1.29 is 5.21 Å². The van der Waals surface area contributed by atoms with Gasteiger partial charge in [0.15, 0.2) is 0 Å². The van der Waals surface area contributed by atoms with E-state index in [4.69, 9.17) is 23.8 Å². The number of halogens is 1. The van der Waals surface area contributed by atoms with Gasteiger partial charge in [0.1, 0.15) is 5.52 Å². The average Bonchev–Trinajstić information content (AvgIpc) is 2.35. The Balaban J connectivity index is 2.74. The van der Waals surface area contributed by atoms with Gasteiger partial charge in [0.05, 0.1) is 9.90 Å². The topological polar surface area (TPSA) is 90.9 Å². The molecule has 0 fully saturated rings. The lowest BCUT2D eigenvalue weighted by atomic mass is 10.1. The van der Waals surface area contributed by atoms with Crippen LogP contribution in [-0.2, 0) is 0 Å². The molecule has 0 atom stereocenters. The van der Waals surface area contributed by atoms with Crippen molar-refractivity contribution in [3.05, 3.63) is 48.4 Å². The first-order chi connectivity index (χ1) is 8.99. The second-order valence-electron chi connectivity index (χ2n) is 3.95. The lowest BCUT2D eigenvalue weighted by Crippen LogP contribution is -2.29. The monoisotopic (exact) mass is 295 g/mol. The second kappa shape index (κ2) is 3.94. The Bertz CT molecular complexity index is 1000. The summed E-state index contributed by atoms with van der Waals surface area (Å²) in [6.45, 7) is 0. The zero-order valence-electron chi connectivity index (χ0n) is 9.23. The Morgan fingerprint density at radius 1 is 1.32 bits per heavy atom. The Hall–Kier alpha value is -2.12. The van der Waals surface area contributed by atoms with Crippen LogP contribution >= 0.6 is 23.8 Å². The largest absolute Gasteiger partial charge is 0.410 e. The van der Waals surface area contributed by atoms with Gasteiger partial charge in [-0.25, -0.2) is 5.10 Å². The fourth-order valence-electron chi connectivity index (χ4n) is 1.95. The van der Waals surface area contributed by atoms with E-state index in [-0.39, 0.29) is 20.3 Å². The van der Waals surface area contributed by atoms with Crippen molar-refractivity contribution in [3.63, 3.8) is 0 Å². The number of fused-ring (bicyclic) bond motifs is 2. The summed E-state index contributed by atoms with van der Waals surface area (Å²) >= 11 is 11.1. The zero-order chi connectivity index (χ0) is 13.7. The fourth-order valence-corrected chi connectivity index (χ4v) is 2.49. The molecule has 0 aliphatic rings. The van der Waals surface area contributed by atoms with Crippen LogP contribution in [0.3, 0.4) is 0 Å². The van der Waals surface area contributed by atoms with Crippen LogP contribution < -0.4 is 11.1 Å². The highest BCUT2D eigenvalue weighted by Crippen LogP contribution is 2.21. The molecular formula is C11H6ClN3O3S. The summed E-state index contributed by atoms with van der Waals surface area (Å²) in [5.41, 5.74) is -0.876. The van der Waals surface area contributed by atoms with E-state index in [1.54, 1.807) is 18.2 Å². The summed E-state index contributed by atoms with van der Waals surface area (Å²) in [6.07, 6.45) is 0. The molecule has 0 unspecified atom stereocenters. The number of nitrogens with one attached hydrogen (secondary N) is 2. The van der Waals surface area contributed by atoms with Gasteiger partial charge in [0.2, 0.25) is 0 Å². The maximum Gasteiger partial charge on any atom is 0.311 e. The molecule has 0 amide bonds. The molecule has 0 radical (unpaired) electrons. The summed E-state index contributed by atoms with van der Waals surface area (Å²) in [6, 6.07) is 4.89. The summed E-state index contributed by atoms with van der Waals surface area (Å²) in [7, 11) is 0. The number of nitrogens with zero attached hydrogens (tertiary/aromatic N) is 1. The fraction of sp³-hybridized carbons (Fsp3) is 0. The van der Waals surface area contributed by atoms with Crippen molar-refractivity contribution in [1.29, 1.82) is 0 Å². The highest BCUT2D eigenvalue weighted by Gasteiger charge is 2.11. The van der Waals surface area contributed by atoms with Crippen LogP contribution in [0.5, 0.6) is 0 Å². The molecule has 3 N–H and O–H groups in total. The normalized spacial score (nSPS) is 11.2. The Morgan fingerprint density at radius 2 is 2.05 bits per heavy atom. The van der Waals surface area contributed by atoms with Crippen molar-refractivity contribution in [1.82, 2.24) is 14.9 Å². The lowest BCUT2D eigenvalue weighted by molar-refractivity contribution is 0.134. The highest BCUT2D eigenvalue weighted by atomic mass is 35.5. The number of rotatable bonds is 0. The van der Waals surface area contributed by atoms with E-state index in [0.717, 1.165) is 0 Å². The third kappa shape index (κ3) is 1.66. The lowest BCUT2D eigenvalue weighted by Gasteiger charge is -2.04. The van der Waals surface area contributed by atoms with E-state index in [9.17, 15) is 14.8 Å². The molecular weight excluding hydrogens is 290 g/mol. The van der Waals surface area contributed by atoms with Crippen LogP contribution in [-0.4, -0.2) is 20.1 Å². The summed E-state index contributed by atoms with van der Waals surface area (Å²) < 4.78 is 0.194. The summed E-state index contributed by atoms with van der Waals surface area (Å²) in [5, 5.41) is 12.3. The molecule has 0 saturated heterocycles. The van der Waals surface area contributed by atoms with Crippen LogP contribution in [0.15, 0.2) is 27.8 Å². The van der Waals surface area contributed by atoms with Gasteiger partial charge in [-0.05, 0) is 18.2 Å². The number of aromatic nitrogens is 3. The molecule has 0 saturated carbocycles. The van der Waals surface area contributed by atoms with Crippen molar-refractivity contribution >= 4 is 45.6 Å². The van der Waals surface area contributed by atoms with Gasteiger partial charge in [-0.3, -0.25) is 9.59 Å². The van der Waals surface area contributed by atoms with Crippen LogP contribution in [0.2, 0.25) is 5.02 Å². The van der Waals surface area contributed by atoms with Crippen LogP contribution in [0, 0.1) is 4.51 Å². The van der Waals surface area contributed by atoms with E-state index < -0.39 is 11.1 Å². The quantitative estimate of drug-likeness (QED) is 0.335. The minimum atomic E-state index is -0.785. The molecule has 3 rings (SSSR count). The molecule has 0 bridgehead atoms. The Labute approximate surface area is 114 Å². The SMILES string of the molecule is O=c1[nH]n(O)c(=O)c2c(=S)c3ccc(Cl)cc3[nH]c12. The van der Waals surface area contributed by atoms with Gasteiger partial charge in [-0.1, -0.05) is 28.7 Å². The smallest absolute Gasteiger partial charge is 0.311 e. The van der Waals surface area contributed by atoms with Gasteiger partial charge >= 0.3 is 5.56 Å². The number of hydrogen-bond acceptors (Lipinski definition) is 4. The molecule has 6 nitrogen and oxygen atoms in total. The van der Waals surface area contributed by atoms with Crippen molar-refractivity contribution in [3.8, 4) is 0 Å². The predicted octanol–water partition coefficient (Wildman–Crippen LogP) is 1.79. The molecule has 8 heteroatoms. The molecule has 19 heavy (non-hydrogen) atoms. The number of pyridine rings is 1. The third-order valence-corrected chi connectivity index (χ3v) is 3.46. The first-order valence-corrected chi connectivity index (χ1v) is 5.97. The number of hydrogen-bond donors (Lipinski definition) is 3. The predicted molar refractivity (Wildman–Crippen MR) is 73.7 cm³/mol. The summed E-state index contributed by atoms with van der Waals surface area (Å²) in [4.78, 5) is 26.5. The molecule has 2 heterocycles. The van der Waals surface area contributed by atoms with Crippen molar-refractivity contribution in [2.24, 2.45) is 0 Å². The van der Waals surface area contributed by atoms with Crippen LogP contribution in [0.1, 0.15) is 0 Å². The number of H-pyrrole nitrogens is 2. The molecule has 3 aromatic rings. The maximum atomic E-state index is 11.8. The van der Waals surface area contributed by atoms with Gasteiger partial charge in [-0.2, -0.15) is 0 Å². The molecule has 96 valence electrons. The minimum Gasteiger partial charge on any atom is -0.410 e. The van der Waals surface area contributed by atoms with Gasteiger partial charge in [0.25, 0.3) is 5.56 Å². The van der Waals surface area contributed by atoms with E-state index in [0.29, 0.717) is 15.9 Å². The Morgan fingerprint density at radius 3 is 2.79 bits per heavy atom. The van der Waals surface area contributed by atoms with Crippen LogP contribution in [0.4, 0.5) is 0 Å². The molecule has 0 aliphatic heterocycles. The minimum absolute atomic E-state index is 0.00932. The van der Waals surface area contributed by atoms with Crippen molar-refractivity contribution in [2.75, 3.05) is 0 Å². The van der Waals surface area contributed by atoms with Crippen molar-refractivity contribution in [2.45, 2.75) is 0 Å². The molecule has 2 aromatic heterocycles. The first-order valence-electron chi connectivity index (χ1n) is 5.19. The average molecular weight is 296 g/mol. The Kier molecular flexibility index (Phi) is 2.48. The number of aromatic amines is 2. The van der Waals surface area contributed by atoms with E-state index >= 15 is 0 Å². The maximum absolute atomic E-state index is 11.8. The van der Waals surface area contributed by atoms with Gasteiger partial charge < -0.3 is 10.2 Å². The first kappa shape index (κ1) is 11.9. The molecule has 0 aliphatic carbocycles. The number of benzene rings is 1. The summed E-state index contributed by atoms with van der Waals surface area (Å²) in [5.74, 6) is 0.